The molecule has 0 aromatic heterocycles. The molecular formula is C35H28O4S2. The van der Waals surface area contributed by atoms with Gasteiger partial charge in [-0.15, -0.1) is 0 Å². The molecule has 5 aromatic carbocycles. The Bertz CT molecular complexity index is 1780. The standard InChI is InChI=1S/C35H28O4S2/c1-25-13-23-32(24-14-25)41(38,39)35(2,29-11-7-4-8-12-29)34(37)28-17-21-31(22-18-28)40-30-19-15-27(16-20-30)33(36)26-9-5-3-6-10-26/h3-24H,1-2H3. The average Bonchev–Trinajstić information content (AvgIpc) is 3.01. The molecule has 0 spiro atoms. The van der Waals surface area contributed by atoms with Crippen molar-refractivity contribution < 1.29 is 18.0 Å². The Hall–Kier alpha value is -4.26. The zero-order valence-corrected chi connectivity index (χ0v) is 24.3. The second-order valence-electron chi connectivity index (χ2n) is 9.89. The number of rotatable bonds is 9. The fourth-order valence-electron chi connectivity index (χ4n) is 4.63. The number of aryl methyl sites for hydroxylation is 1. The van der Waals surface area contributed by atoms with Gasteiger partial charge in [0.05, 0.1) is 4.90 Å². The maximum absolute atomic E-state index is 14.0. The molecule has 0 heterocycles. The van der Waals surface area contributed by atoms with E-state index in [4.69, 9.17) is 0 Å². The number of benzene rings is 5. The molecule has 0 fully saturated rings. The predicted molar refractivity (Wildman–Crippen MR) is 163 cm³/mol. The van der Waals surface area contributed by atoms with Crippen LogP contribution in [0.4, 0.5) is 0 Å². The third-order valence-corrected chi connectivity index (χ3v) is 10.5. The Morgan fingerprint density at radius 1 is 0.585 bits per heavy atom. The Morgan fingerprint density at radius 2 is 1.05 bits per heavy atom. The van der Waals surface area contributed by atoms with E-state index in [0.29, 0.717) is 22.3 Å². The smallest absolute Gasteiger partial charge is 0.195 e. The van der Waals surface area contributed by atoms with Crippen molar-refractivity contribution in [3.05, 3.63) is 161 Å². The summed E-state index contributed by atoms with van der Waals surface area (Å²) in [6.07, 6.45) is 0. The lowest BCUT2D eigenvalue weighted by atomic mass is 9.91. The predicted octanol–water partition coefficient (Wildman–Crippen LogP) is 7.95. The van der Waals surface area contributed by atoms with Crippen LogP contribution >= 0.6 is 11.8 Å². The van der Waals surface area contributed by atoms with E-state index < -0.39 is 20.4 Å². The number of Topliss-reactive ketones (excluding diaryl/α,β-unsaturated/α-hetero) is 1. The zero-order valence-electron chi connectivity index (χ0n) is 22.7. The van der Waals surface area contributed by atoms with Gasteiger partial charge >= 0.3 is 0 Å². The summed E-state index contributed by atoms with van der Waals surface area (Å²) in [7, 11) is -4.09. The van der Waals surface area contributed by atoms with Gasteiger partial charge in [-0.3, -0.25) is 9.59 Å². The molecule has 41 heavy (non-hydrogen) atoms. The van der Waals surface area contributed by atoms with Gasteiger partial charge in [0.2, 0.25) is 0 Å². The molecular weight excluding hydrogens is 549 g/mol. The first kappa shape index (κ1) is 28.3. The molecule has 0 saturated carbocycles. The summed E-state index contributed by atoms with van der Waals surface area (Å²) in [5.41, 5.74) is 2.90. The van der Waals surface area contributed by atoms with Crippen LogP contribution in [0.2, 0.25) is 0 Å². The van der Waals surface area contributed by atoms with Crippen molar-refractivity contribution in [2.24, 2.45) is 0 Å². The molecule has 0 aliphatic carbocycles. The second kappa shape index (κ2) is 11.7. The van der Waals surface area contributed by atoms with E-state index >= 15 is 0 Å². The van der Waals surface area contributed by atoms with Crippen molar-refractivity contribution in [3.63, 3.8) is 0 Å². The third kappa shape index (κ3) is 5.67. The quantitative estimate of drug-likeness (QED) is 0.167. The van der Waals surface area contributed by atoms with E-state index in [1.807, 2.05) is 49.4 Å². The molecule has 0 N–H and O–H groups in total. The maximum atomic E-state index is 14.0. The lowest BCUT2D eigenvalue weighted by Gasteiger charge is -2.29. The molecule has 5 rings (SSSR count). The lowest BCUT2D eigenvalue weighted by molar-refractivity contribution is 0.0944. The number of ketones is 2. The van der Waals surface area contributed by atoms with E-state index in [0.717, 1.165) is 15.4 Å². The molecule has 4 nitrogen and oxygen atoms in total. The molecule has 0 aliphatic heterocycles. The highest BCUT2D eigenvalue weighted by Gasteiger charge is 2.48. The summed E-state index contributed by atoms with van der Waals surface area (Å²) in [5.74, 6) is -0.531. The molecule has 204 valence electrons. The summed E-state index contributed by atoms with van der Waals surface area (Å²) >= 11 is 1.49. The minimum atomic E-state index is -4.09. The summed E-state index contributed by atoms with van der Waals surface area (Å²) in [6, 6.07) is 38.7. The van der Waals surface area contributed by atoms with Gasteiger partial charge in [0.1, 0.15) is 0 Å². The monoisotopic (exact) mass is 576 g/mol. The summed E-state index contributed by atoms with van der Waals surface area (Å²) < 4.78 is 26.2. The number of hydrogen-bond donors (Lipinski definition) is 0. The van der Waals surface area contributed by atoms with Crippen LogP contribution in [0.1, 0.15) is 44.3 Å². The number of carbonyl (C=O) groups excluding carboxylic acids is 2. The van der Waals surface area contributed by atoms with Crippen molar-refractivity contribution in [1.82, 2.24) is 0 Å². The van der Waals surface area contributed by atoms with E-state index in [-0.39, 0.29) is 10.7 Å². The van der Waals surface area contributed by atoms with Crippen LogP contribution < -0.4 is 0 Å². The van der Waals surface area contributed by atoms with Gasteiger partial charge in [-0.2, -0.15) is 0 Å². The van der Waals surface area contributed by atoms with Crippen LogP contribution in [0.5, 0.6) is 0 Å². The number of carbonyl (C=O) groups is 2. The van der Waals surface area contributed by atoms with Gasteiger partial charge in [0.25, 0.3) is 0 Å². The van der Waals surface area contributed by atoms with Gasteiger partial charge in [-0.05, 0) is 67.9 Å². The average molecular weight is 577 g/mol. The van der Waals surface area contributed by atoms with Crippen LogP contribution in [0.3, 0.4) is 0 Å². The Kier molecular flexibility index (Phi) is 8.06. The first-order valence-electron chi connectivity index (χ1n) is 13.1. The molecule has 6 heteroatoms. The lowest BCUT2D eigenvalue weighted by Crippen LogP contribution is -2.41. The van der Waals surface area contributed by atoms with E-state index in [9.17, 15) is 18.0 Å². The van der Waals surface area contributed by atoms with E-state index in [2.05, 4.69) is 0 Å². The largest absolute Gasteiger partial charge is 0.292 e. The molecule has 0 bridgehead atoms. The highest BCUT2D eigenvalue weighted by atomic mass is 32.2. The minimum absolute atomic E-state index is 0.0351. The summed E-state index contributed by atoms with van der Waals surface area (Å²) in [4.78, 5) is 28.6. The number of sulfone groups is 1. The van der Waals surface area contributed by atoms with Crippen LogP contribution in [0.25, 0.3) is 0 Å². The van der Waals surface area contributed by atoms with Gasteiger partial charge in [-0.25, -0.2) is 8.42 Å². The minimum Gasteiger partial charge on any atom is -0.292 e. The van der Waals surface area contributed by atoms with Crippen LogP contribution in [0, 0.1) is 6.92 Å². The van der Waals surface area contributed by atoms with E-state index in [1.54, 1.807) is 91.0 Å². The van der Waals surface area contributed by atoms with E-state index in [1.165, 1.54) is 18.7 Å². The highest BCUT2D eigenvalue weighted by Crippen LogP contribution is 2.39. The van der Waals surface area contributed by atoms with Crippen LogP contribution in [0.15, 0.2) is 148 Å². The first-order valence-corrected chi connectivity index (χ1v) is 15.4. The molecule has 0 radical (unpaired) electrons. The topological polar surface area (TPSA) is 68.3 Å². The molecule has 0 aliphatic rings. The van der Waals surface area contributed by atoms with Gasteiger partial charge < -0.3 is 0 Å². The van der Waals surface area contributed by atoms with Crippen molar-refractivity contribution in [3.8, 4) is 0 Å². The van der Waals surface area contributed by atoms with Crippen LogP contribution in [-0.4, -0.2) is 20.0 Å². The van der Waals surface area contributed by atoms with Crippen molar-refractivity contribution >= 4 is 33.2 Å². The fourth-order valence-corrected chi connectivity index (χ4v) is 7.22. The maximum Gasteiger partial charge on any atom is 0.195 e. The van der Waals surface area contributed by atoms with Crippen molar-refractivity contribution in [2.45, 2.75) is 33.3 Å². The highest BCUT2D eigenvalue weighted by molar-refractivity contribution is 7.99. The first-order chi connectivity index (χ1) is 19.7. The second-order valence-corrected chi connectivity index (χ2v) is 13.3. The van der Waals surface area contributed by atoms with Gasteiger partial charge in [0, 0.05) is 26.5 Å². The Balaban J connectivity index is 1.40. The van der Waals surface area contributed by atoms with Crippen molar-refractivity contribution in [2.75, 3.05) is 0 Å². The summed E-state index contributed by atoms with van der Waals surface area (Å²) in [5, 5.41) is 0. The van der Waals surface area contributed by atoms with Crippen LogP contribution in [-0.2, 0) is 14.6 Å². The number of hydrogen-bond acceptors (Lipinski definition) is 5. The Morgan fingerprint density at radius 3 is 1.59 bits per heavy atom. The Labute approximate surface area is 245 Å². The molecule has 0 saturated heterocycles. The third-order valence-electron chi connectivity index (χ3n) is 7.13. The SMILES string of the molecule is Cc1ccc(S(=O)(=O)C(C)(C(=O)c2ccc(Sc3ccc(C(=O)c4ccccc4)cc3)cc2)c2ccccc2)cc1. The summed E-state index contributed by atoms with van der Waals surface area (Å²) in [6.45, 7) is 3.37. The van der Waals surface area contributed by atoms with Gasteiger partial charge in [0.15, 0.2) is 26.2 Å². The normalized spacial score (nSPS) is 12.8. The van der Waals surface area contributed by atoms with Crippen molar-refractivity contribution in [1.29, 1.82) is 0 Å². The molecule has 5 aromatic rings. The zero-order chi connectivity index (χ0) is 29.0. The fraction of sp³-hybridized carbons (Fsp3) is 0.0857. The molecule has 1 unspecified atom stereocenters. The molecule has 0 amide bonds. The van der Waals surface area contributed by atoms with Gasteiger partial charge in [-0.1, -0.05) is 102 Å². The molecule has 1 atom stereocenters.